The lowest BCUT2D eigenvalue weighted by atomic mass is 9.99. The van der Waals surface area contributed by atoms with Gasteiger partial charge in [0.25, 0.3) is 0 Å². The number of rotatable bonds is 4. The van der Waals surface area contributed by atoms with Crippen LogP contribution in [-0.2, 0) is 22.8 Å². The molecule has 1 aliphatic heterocycles. The highest BCUT2D eigenvalue weighted by molar-refractivity contribution is 7.88. The molecule has 0 saturated carbocycles. The van der Waals surface area contributed by atoms with Gasteiger partial charge in [-0.1, -0.05) is 12.1 Å². The molecular formula is C15H19FN4O2S. The van der Waals surface area contributed by atoms with Gasteiger partial charge in [-0.3, -0.25) is 0 Å². The van der Waals surface area contributed by atoms with E-state index in [-0.39, 0.29) is 17.5 Å². The normalized spacial score (nSPS) is 19.8. The fourth-order valence-electron chi connectivity index (χ4n) is 2.95. The smallest absolute Gasteiger partial charge is 0.218 e. The number of aryl methyl sites for hydroxylation is 1. The number of nitrogens with zero attached hydrogens (tertiary/aromatic N) is 4. The second-order valence-corrected chi connectivity index (χ2v) is 7.85. The molecule has 1 saturated heterocycles. The van der Waals surface area contributed by atoms with Crippen molar-refractivity contribution in [1.29, 1.82) is 0 Å². The topological polar surface area (TPSA) is 68.1 Å². The highest BCUT2D eigenvalue weighted by Gasteiger charge is 2.31. The van der Waals surface area contributed by atoms with Gasteiger partial charge in [-0.15, -0.1) is 10.2 Å². The molecule has 0 bridgehead atoms. The Morgan fingerprint density at radius 3 is 2.70 bits per heavy atom. The van der Waals surface area contributed by atoms with Gasteiger partial charge >= 0.3 is 0 Å². The van der Waals surface area contributed by atoms with Crippen LogP contribution in [0.15, 0.2) is 30.6 Å². The molecule has 8 heteroatoms. The first kappa shape index (κ1) is 16.1. The van der Waals surface area contributed by atoms with Crippen molar-refractivity contribution in [2.45, 2.75) is 24.5 Å². The van der Waals surface area contributed by atoms with Crippen LogP contribution in [0.25, 0.3) is 0 Å². The fraction of sp³-hybridized carbons (Fsp3) is 0.467. The largest absolute Gasteiger partial charge is 0.320 e. The summed E-state index contributed by atoms with van der Waals surface area (Å²) in [5, 5.41) is 7.97. The summed E-state index contributed by atoms with van der Waals surface area (Å²) in [7, 11) is -1.57. The number of piperidine rings is 1. The lowest BCUT2D eigenvalue weighted by Crippen LogP contribution is -2.40. The summed E-state index contributed by atoms with van der Waals surface area (Å²) in [6, 6.07) is 5.58. The SMILES string of the molecule is Cn1cnnc1[C@@H]1CCCN(S(=O)(=O)Cc2ccc(F)cc2)C1. The average Bonchev–Trinajstić information content (AvgIpc) is 2.96. The molecule has 2 aromatic rings. The molecule has 1 atom stereocenters. The first-order valence-electron chi connectivity index (χ1n) is 7.52. The van der Waals surface area contributed by atoms with Gasteiger partial charge in [-0.2, -0.15) is 0 Å². The van der Waals surface area contributed by atoms with E-state index in [1.807, 2.05) is 11.6 Å². The third-order valence-electron chi connectivity index (χ3n) is 4.15. The number of halogens is 1. The van der Waals surface area contributed by atoms with Gasteiger partial charge in [0.1, 0.15) is 18.0 Å². The molecular weight excluding hydrogens is 319 g/mol. The molecule has 0 unspecified atom stereocenters. The molecule has 1 fully saturated rings. The predicted molar refractivity (Wildman–Crippen MR) is 83.6 cm³/mol. The summed E-state index contributed by atoms with van der Waals surface area (Å²) in [5.74, 6) is 0.385. The maximum Gasteiger partial charge on any atom is 0.218 e. The Morgan fingerprint density at radius 1 is 1.30 bits per heavy atom. The van der Waals surface area contributed by atoms with Crippen molar-refractivity contribution in [3.63, 3.8) is 0 Å². The second kappa shape index (κ2) is 6.37. The van der Waals surface area contributed by atoms with Crippen LogP contribution in [0.2, 0.25) is 0 Å². The fourth-order valence-corrected chi connectivity index (χ4v) is 4.56. The van der Waals surface area contributed by atoms with Crippen LogP contribution in [-0.4, -0.2) is 40.6 Å². The van der Waals surface area contributed by atoms with E-state index in [1.165, 1.54) is 28.6 Å². The van der Waals surface area contributed by atoms with E-state index in [1.54, 1.807) is 6.33 Å². The number of aromatic nitrogens is 3. The van der Waals surface area contributed by atoms with Crippen LogP contribution in [0.3, 0.4) is 0 Å². The van der Waals surface area contributed by atoms with Gasteiger partial charge in [0, 0.05) is 26.1 Å². The van der Waals surface area contributed by atoms with Crippen LogP contribution in [0, 0.1) is 5.82 Å². The van der Waals surface area contributed by atoms with Gasteiger partial charge in [0.15, 0.2) is 0 Å². The van der Waals surface area contributed by atoms with E-state index in [0.717, 1.165) is 18.7 Å². The minimum absolute atomic E-state index is 0.0549. The Balaban J connectivity index is 1.74. The van der Waals surface area contributed by atoms with E-state index in [9.17, 15) is 12.8 Å². The second-order valence-electron chi connectivity index (χ2n) is 5.88. The van der Waals surface area contributed by atoms with Crippen molar-refractivity contribution in [1.82, 2.24) is 19.1 Å². The van der Waals surface area contributed by atoms with E-state index >= 15 is 0 Å². The van der Waals surface area contributed by atoms with Crippen LogP contribution in [0.1, 0.15) is 30.1 Å². The summed E-state index contributed by atoms with van der Waals surface area (Å²) in [4.78, 5) is 0. The van der Waals surface area contributed by atoms with Crippen LogP contribution < -0.4 is 0 Å². The van der Waals surface area contributed by atoms with Gasteiger partial charge in [0.2, 0.25) is 10.0 Å². The monoisotopic (exact) mass is 338 g/mol. The van der Waals surface area contributed by atoms with E-state index < -0.39 is 10.0 Å². The standard InChI is InChI=1S/C15H19FN4O2S/c1-19-11-17-18-15(19)13-3-2-8-20(9-13)23(21,22)10-12-4-6-14(16)7-5-12/h4-7,11,13H,2-3,8-10H2,1H3/t13-/m1/s1. The third-order valence-corrected chi connectivity index (χ3v) is 5.97. The number of sulfonamides is 1. The lowest BCUT2D eigenvalue weighted by molar-refractivity contribution is 0.305. The Hall–Kier alpha value is -1.80. The molecule has 23 heavy (non-hydrogen) atoms. The predicted octanol–water partition coefficient (Wildman–Crippen LogP) is 1.66. The first-order chi connectivity index (χ1) is 11.0. The number of hydrogen-bond acceptors (Lipinski definition) is 4. The maximum absolute atomic E-state index is 12.9. The Labute approximate surface area is 135 Å². The third kappa shape index (κ3) is 3.59. The summed E-state index contributed by atoms with van der Waals surface area (Å²) in [5.41, 5.74) is 0.590. The van der Waals surface area contributed by atoms with Crippen LogP contribution in [0.5, 0.6) is 0 Å². The zero-order chi connectivity index (χ0) is 16.4. The summed E-state index contributed by atoms with van der Waals surface area (Å²) < 4.78 is 41.6. The Morgan fingerprint density at radius 2 is 2.04 bits per heavy atom. The summed E-state index contributed by atoms with van der Waals surface area (Å²) in [6.45, 7) is 0.925. The molecule has 1 aromatic carbocycles. The molecule has 0 radical (unpaired) electrons. The van der Waals surface area contributed by atoms with Gasteiger partial charge in [-0.05, 0) is 30.5 Å². The van der Waals surface area contributed by atoms with Crippen molar-refractivity contribution >= 4 is 10.0 Å². The highest BCUT2D eigenvalue weighted by atomic mass is 32.2. The molecule has 0 aliphatic carbocycles. The molecule has 1 aromatic heterocycles. The highest BCUT2D eigenvalue weighted by Crippen LogP contribution is 2.27. The van der Waals surface area contributed by atoms with Crippen molar-refractivity contribution in [3.8, 4) is 0 Å². The number of hydrogen-bond donors (Lipinski definition) is 0. The minimum atomic E-state index is -3.43. The molecule has 2 heterocycles. The molecule has 0 spiro atoms. The van der Waals surface area contributed by atoms with Crippen LogP contribution >= 0.6 is 0 Å². The maximum atomic E-state index is 12.9. The van der Waals surface area contributed by atoms with Crippen molar-refractivity contribution < 1.29 is 12.8 Å². The van der Waals surface area contributed by atoms with E-state index in [0.29, 0.717) is 18.7 Å². The zero-order valence-electron chi connectivity index (χ0n) is 12.9. The minimum Gasteiger partial charge on any atom is -0.320 e. The zero-order valence-corrected chi connectivity index (χ0v) is 13.7. The van der Waals surface area contributed by atoms with E-state index in [4.69, 9.17) is 0 Å². The molecule has 6 nitrogen and oxygen atoms in total. The molecule has 124 valence electrons. The molecule has 1 aliphatic rings. The summed E-state index contributed by atoms with van der Waals surface area (Å²) in [6.07, 6.45) is 3.32. The van der Waals surface area contributed by atoms with Crippen molar-refractivity contribution in [2.24, 2.45) is 7.05 Å². The quantitative estimate of drug-likeness (QED) is 0.850. The van der Waals surface area contributed by atoms with Crippen molar-refractivity contribution in [3.05, 3.63) is 47.8 Å². The van der Waals surface area contributed by atoms with Gasteiger partial charge in [-0.25, -0.2) is 17.1 Å². The van der Waals surface area contributed by atoms with Crippen LogP contribution in [0.4, 0.5) is 4.39 Å². The molecule has 3 rings (SSSR count). The average molecular weight is 338 g/mol. The number of benzene rings is 1. The van der Waals surface area contributed by atoms with Crippen molar-refractivity contribution in [2.75, 3.05) is 13.1 Å². The lowest BCUT2D eigenvalue weighted by Gasteiger charge is -2.31. The molecule has 0 amide bonds. The Kier molecular flexibility index (Phi) is 4.45. The van der Waals surface area contributed by atoms with E-state index in [2.05, 4.69) is 10.2 Å². The molecule has 0 N–H and O–H groups in total. The summed E-state index contributed by atoms with van der Waals surface area (Å²) >= 11 is 0. The van der Waals surface area contributed by atoms with Gasteiger partial charge in [0.05, 0.1) is 5.75 Å². The Bertz CT molecular complexity index is 773. The van der Waals surface area contributed by atoms with Gasteiger partial charge < -0.3 is 4.57 Å². The first-order valence-corrected chi connectivity index (χ1v) is 9.13.